The van der Waals surface area contributed by atoms with E-state index >= 15 is 0 Å². The van der Waals surface area contributed by atoms with E-state index in [-0.39, 0.29) is 17.3 Å². The second-order valence-corrected chi connectivity index (χ2v) is 6.90. The Morgan fingerprint density at radius 1 is 1.30 bits per heavy atom. The fraction of sp³-hybridized carbons (Fsp3) is 0.118. The highest BCUT2D eigenvalue weighted by molar-refractivity contribution is 7.99. The molecule has 1 amide bonds. The molecule has 3 aromatic rings. The minimum Gasteiger partial charge on any atom is -0.325 e. The maximum Gasteiger partial charge on any atom is 0.274 e. The monoisotopic (exact) mass is 403 g/mol. The molecule has 0 saturated heterocycles. The van der Waals surface area contributed by atoms with Crippen molar-refractivity contribution in [2.45, 2.75) is 12.1 Å². The number of amides is 1. The number of carbonyl (C=O) groups excluding carboxylic acids is 1. The zero-order chi connectivity index (χ0) is 19.4. The van der Waals surface area contributed by atoms with Crippen LogP contribution in [0.5, 0.6) is 0 Å². The van der Waals surface area contributed by atoms with Gasteiger partial charge in [0, 0.05) is 16.7 Å². The Morgan fingerprint density at radius 2 is 2.04 bits per heavy atom. The van der Waals surface area contributed by atoms with Crippen LogP contribution in [0, 0.1) is 17.0 Å². The average Bonchev–Trinajstić information content (AvgIpc) is 3.11. The van der Waals surface area contributed by atoms with E-state index in [1.54, 1.807) is 25.1 Å². The van der Waals surface area contributed by atoms with Crippen molar-refractivity contribution in [3.8, 4) is 11.4 Å². The lowest BCUT2D eigenvalue weighted by Crippen LogP contribution is -2.15. The molecule has 1 aromatic heterocycles. The number of hydrogen-bond acceptors (Lipinski definition) is 6. The predicted molar refractivity (Wildman–Crippen MR) is 104 cm³/mol. The first kappa shape index (κ1) is 18.9. The number of rotatable bonds is 6. The lowest BCUT2D eigenvalue weighted by atomic mass is 10.1. The van der Waals surface area contributed by atoms with Gasteiger partial charge in [0.25, 0.3) is 5.69 Å². The molecule has 0 bridgehead atoms. The number of aromatic amines is 1. The van der Waals surface area contributed by atoms with Crippen molar-refractivity contribution >= 4 is 40.6 Å². The summed E-state index contributed by atoms with van der Waals surface area (Å²) >= 11 is 7.02. The summed E-state index contributed by atoms with van der Waals surface area (Å²) in [5.74, 6) is 0.339. The fourth-order valence-electron chi connectivity index (χ4n) is 2.32. The highest BCUT2D eigenvalue weighted by Crippen LogP contribution is 2.26. The Hall–Kier alpha value is -2.91. The van der Waals surface area contributed by atoms with Gasteiger partial charge in [0.1, 0.15) is 0 Å². The average molecular weight is 404 g/mol. The standard InChI is InChI=1S/C17H14ClN5O3S/c1-10-13(3-2-4-14(10)23(25)26)19-15(24)9-27-17-20-16(21-22-17)11-5-7-12(18)8-6-11/h2-8H,9H2,1H3,(H,19,24)(H,20,21,22). The van der Waals surface area contributed by atoms with Gasteiger partial charge in [0.15, 0.2) is 5.82 Å². The Labute approximate surface area is 163 Å². The van der Waals surface area contributed by atoms with E-state index in [1.807, 2.05) is 12.1 Å². The lowest BCUT2D eigenvalue weighted by molar-refractivity contribution is -0.385. The SMILES string of the molecule is Cc1c(NC(=O)CSc2n[nH]c(-c3ccc(Cl)cc3)n2)cccc1[N+](=O)[O-]. The number of hydrogen-bond donors (Lipinski definition) is 2. The number of H-pyrrole nitrogens is 1. The molecular formula is C17H14ClN5O3S. The summed E-state index contributed by atoms with van der Waals surface area (Å²) in [6.45, 7) is 1.59. The zero-order valence-corrected chi connectivity index (χ0v) is 15.7. The normalized spacial score (nSPS) is 10.6. The molecule has 0 spiro atoms. The van der Waals surface area contributed by atoms with Gasteiger partial charge in [0.2, 0.25) is 11.1 Å². The Balaban J connectivity index is 1.61. The molecule has 0 aliphatic heterocycles. The highest BCUT2D eigenvalue weighted by Gasteiger charge is 2.15. The van der Waals surface area contributed by atoms with Crippen LogP contribution in [0.2, 0.25) is 5.02 Å². The molecule has 2 aromatic carbocycles. The van der Waals surface area contributed by atoms with Gasteiger partial charge in [0.05, 0.1) is 21.9 Å². The summed E-state index contributed by atoms with van der Waals surface area (Å²) in [5.41, 5.74) is 1.60. The van der Waals surface area contributed by atoms with E-state index in [9.17, 15) is 14.9 Å². The molecule has 0 saturated carbocycles. The summed E-state index contributed by atoms with van der Waals surface area (Å²) in [6.07, 6.45) is 0. The molecule has 0 radical (unpaired) electrons. The number of nitrogens with zero attached hydrogens (tertiary/aromatic N) is 3. The summed E-state index contributed by atoms with van der Waals surface area (Å²) in [7, 11) is 0. The number of aromatic nitrogens is 3. The molecule has 0 atom stereocenters. The molecule has 0 fully saturated rings. The third kappa shape index (κ3) is 4.63. The molecule has 0 aliphatic rings. The Kier molecular flexibility index (Phi) is 5.72. The number of nitrogens with one attached hydrogen (secondary N) is 2. The topological polar surface area (TPSA) is 114 Å². The first-order valence-electron chi connectivity index (χ1n) is 7.79. The summed E-state index contributed by atoms with van der Waals surface area (Å²) < 4.78 is 0. The largest absolute Gasteiger partial charge is 0.325 e. The van der Waals surface area contributed by atoms with Crippen molar-refractivity contribution in [3.63, 3.8) is 0 Å². The molecule has 2 N–H and O–H groups in total. The highest BCUT2D eigenvalue weighted by atomic mass is 35.5. The van der Waals surface area contributed by atoms with Crippen LogP contribution < -0.4 is 5.32 Å². The first-order valence-corrected chi connectivity index (χ1v) is 9.15. The molecule has 10 heteroatoms. The molecule has 138 valence electrons. The van der Waals surface area contributed by atoms with E-state index in [0.29, 0.717) is 27.3 Å². The van der Waals surface area contributed by atoms with Crippen LogP contribution in [-0.2, 0) is 4.79 Å². The van der Waals surface area contributed by atoms with E-state index < -0.39 is 4.92 Å². The van der Waals surface area contributed by atoms with Crippen LogP contribution in [0.15, 0.2) is 47.6 Å². The number of nitro benzene ring substituents is 1. The number of carbonyl (C=O) groups is 1. The van der Waals surface area contributed by atoms with Crippen molar-refractivity contribution in [2.24, 2.45) is 0 Å². The number of nitro groups is 1. The van der Waals surface area contributed by atoms with E-state index in [4.69, 9.17) is 11.6 Å². The van der Waals surface area contributed by atoms with E-state index in [0.717, 1.165) is 17.3 Å². The molecule has 8 nitrogen and oxygen atoms in total. The maximum absolute atomic E-state index is 12.2. The summed E-state index contributed by atoms with van der Waals surface area (Å²) in [5, 5.41) is 21.6. The van der Waals surface area contributed by atoms with Crippen molar-refractivity contribution in [3.05, 3.63) is 63.2 Å². The van der Waals surface area contributed by atoms with E-state index in [2.05, 4.69) is 20.5 Å². The van der Waals surface area contributed by atoms with Crippen molar-refractivity contribution in [1.29, 1.82) is 0 Å². The molecule has 0 aliphatic carbocycles. The number of halogens is 1. The number of thioether (sulfide) groups is 1. The molecule has 27 heavy (non-hydrogen) atoms. The van der Waals surface area contributed by atoms with Crippen LogP contribution in [0.4, 0.5) is 11.4 Å². The predicted octanol–water partition coefficient (Wildman–Crippen LogP) is 4.07. The Morgan fingerprint density at radius 3 is 2.74 bits per heavy atom. The smallest absolute Gasteiger partial charge is 0.274 e. The van der Waals surface area contributed by atoms with Crippen molar-refractivity contribution < 1.29 is 9.72 Å². The summed E-state index contributed by atoms with van der Waals surface area (Å²) in [4.78, 5) is 27.0. The van der Waals surface area contributed by atoms with Crippen molar-refractivity contribution in [1.82, 2.24) is 15.2 Å². The minimum absolute atomic E-state index is 0.0398. The van der Waals surface area contributed by atoms with E-state index in [1.165, 1.54) is 12.1 Å². The van der Waals surface area contributed by atoms with Gasteiger partial charge in [-0.05, 0) is 37.3 Å². The zero-order valence-electron chi connectivity index (χ0n) is 14.1. The van der Waals surface area contributed by atoms with Gasteiger partial charge >= 0.3 is 0 Å². The summed E-state index contributed by atoms with van der Waals surface area (Å²) in [6, 6.07) is 11.7. The number of anilines is 1. The third-order valence-electron chi connectivity index (χ3n) is 3.69. The second-order valence-electron chi connectivity index (χ2n) is 5.52. The van der Waals surface area contributed by atoms with Gasteiger partial charge in [-0.2, -0.15) is 0 Å². The quantitative estimate of drug-likeness (QED) is 0.364. The van der Waals surface area contributed by atoms with Crippen LogP contribution in [0.1, 0.15) is 5.56 Å². The molecular weight excluding hydrogens is 390 g/mol. The van der Waals surface area contributed by atoms with Gasteiger partial charge in [-0.15, -0.1) is 5.10 Å². The second kappa shape index (κ2) is 8.19. The Bertz CT molecular complexity index is 990. The first-order chi connectivity index (χ1) is 12.9. The van der Waals surface area contributed by atoms with Gasteiger partial charge in [-0.25, -0.2) is 4.98 Å². The van der Waals surface area contributed by atoms with Crippen LogP contribution in [0.3, 0.4) is 0 Å². The molecule has 0 unspecified atom stereocenters. The van der Waals surface area contributed by atoms with Gasteiger partial charge in [-0.1, -0.05) is 29.4 Å². The lowest BCUT2D eigenvalue weighted by Gasteiger charge is -2.07. The third-order valence-corrected chi connectivity index (χ3v) is 4.79. The van der Waals surface area contributed by atoms with Gasteiger partial charge < -0.3 is 5.32 Å². The van der Waals surface area contributed by atoms with Crippen LogP contribution in [-0.4, -0.2) is 31.8 Å². The molecule has 1 heterocycles. The van der Waals surface area contributed by atoms with Crippen molar-refractivity contribution in [2.75, 3.05) is 11.1 Å². The van der Waals surface area contributed by atoms with Crippen LogP contribution in [0.25, 0.3) is 11.4 Å². The minimum atomic E-state index is -0.480. The fourth-order valence-corrected chi connectivity index (χ4v) is 3.05. The molecule has 3 rings (SSSR count). The maximum atomic E-state index is 12.2. The number of benzene rings is 2. The van der Waals surface area contributed by atoms with Crippen LogP contribution >= 0.6 is 23.4 Å². The van der Waals surface area contributed by atoms with Gasteiger partial charge in [-0.3, -0.25) is 20.0 Å².